The van der Waals surface area contributed by atoms with Gasteiger partial charge in [0.2, 0.25) is 5.69 Å². The van der Waals surface area contributed by atoms with E-state index in [1.54, 1.807) is 0 Å². The molecule has 7 nitrogen and oxygen atoms in total. The van der Waals surface area contributed by atoms with E-state index in [2.05, 4.69) is 45.8 Å². The minimum atomic E-state index is -0.462. The maximum atomic E-state index is 9.67. The van der Waals surface area contributed by atoms with E-state index < -0.39 is 5.95 Å². The molecule has 0 amide bonds. The lowest BCUT2D eigenvalue weighted by Gasteiger charge is -2.14. The van der Waals surface area contributed by atoms with Crippen LogP contribution in [-0.4, -0.2) is 19.8 Å². The van der Waals surface area contributed by atoms with E-state index in [1.807, 2.05) is 0 Å². The topological polar surface area (TPSA) is 96.1 Å². The molecular formula is C18H20N4O3. The van der Waals surface area contributed by atoms with Gasteiger partial charge in [0.1, 0.15) is 6.26 Å². The van der Waals surface area contributed by atoms with Gasteiger partial charge in [-0.3, -0.25) is 0 Å². The second kappa shape index (κ2) is 5.91. The molecule has 130 valence electrons. The van der Waals surface area contributed by atoms with E-state index in [9.17, 15) is 10.2 Å². The summed E-state index contributed by atoms with van der Waals surface area (Å²) >= 11 is 0. The number of hydrogen-bond donors (Lipinski definition) is 2. The van der Waals surface area contributed by atoms with Crippen molar-refractivity contribution >= 4 is 22.7 Å². The van der Waals surface area contributed by atoms with Gasteiger partial charge in [0.25, 0.3) is 5.95 Å². The van der Waals surface area contributed by atoms with Crippen LogP contribution in [0.3, 0.4) is 0 Å². The molecule has 1 fully saturated rings. The van der Waals surface area contributed by atoms with Crippen LogP contribution >= 0.6 is 0 Å². The average molecular weight is 340 g/mol. The summed E-state index contributed by atoms with van der Waals surface area (Å²) in [7, 11) is 0. The van der Waals surface area contributed by atoms with Crippen LogP contribution in [0.25, 0.3) is 11.0 Å². The van der Waals surface area contributed by atoms with E-state index >= 15 is 0 Å². The van der Waals surface area contributed by atoms with E-state index in [0.717, 1.165) is 30.1 Å². The quantitative estimate of drug-likeness (QED) is 0.641. The van der Waals surface area contributed by atoms with Gasteiger partial charge >= 0.3 is 5.95 Å². The third-order valence-corrected chi connectivity index (χ3v) is 4.94. The third kappa shape index (κ3) is 2.65. The number of azo groups is 1. The molecule has 0 unspecified atom stereocenters. The van der Waals surface area contributed by atoms with Crippen LogP contribution in [0.1, 0.15) is 42.9 Å². The Morgan fingerprint density at radius 3 is 2.52 bits per heavy atom. The molecule has 7 heteroatoms. The standard InChI is InChI=1S/C18H20N4O3/c1-10-7-13-14(8-11(10)2)22(12-5-3-4-6-12)18(19-13)21-20-16-15(23)9-25-17(16)24/h7-9,12,23-24H,3-6H2,1-2H3. The molecule has 2 aromatic heterocycles. The van der Waals surface area contributed by atoms with Gasteiger partial charge in [-0.05, 0) is 49.9 Å². The first-order valence-electron chi connectivity index (χ1n) is 8.45. The molecule has 1 saturated carbocycles. The van der Waals surface area contributed by atoms with E-state index in [1.165, 1.54) is 24.0 Å². The van der Waals surface area contributed by atoms with E-state index in [-0.39, 0.29) is 11.4 Å². The Morgan fingerprint density at radius 1 is 1.12 bits per heavy atom. The summed E-state index contributed by atoms with van der Waals surface area (Å²) < 4.78 is 6.86. The first kappa shape index (κ1) is 15.7. The van der Waals surface area contributed by atoms with Crippen molar-refractivity contribution in [3.8, 4) is 11.7 Å². The van der Waals surface area contributed by atoms with Crippen molar-refractivity contribution in [2.24, 2.45) is 10.2 Å². The van der Waals surface area contributed by atoms with Crippen molar-refractivity contribution in [3.63, 3.8) is 0 Å². The SMILES string of the molecule is Cc1cc2nc(N=Nc3c(O)coc3O)n(C3CCCC3)c2cc1C. The summed E-state index contributed by atoms with van der Waals surface area (Å²) in [4.78, 5) is 4.63. The molecule has 25 heavy (non-hydrogen) atoms. The zero-order valence-corrected chi connectivity index (χ0v) is 14.2. The minimum absolute atomic E-state index is 0.0858. The van der Waals surface area contributed by atoms with Gasteiger partial charge in [0.15, 0.2) is 5.75 Å². The van der Waals surface area contributed by atoms with Crippen molar-refractivity contribution in [1.82, 2.24) is 9.55 Å². The zero-order valence-electron chi connectivity index (χ0n) is 14.2. The molecule has 0 saturated heterocycles. The number of nitrogens with zero attached hydrogens (tertiary/aromatic N) is 4. The summed E-state index contributed by atoms with van der Waals surface area (Å²) in [6.07, 6.45) is 5.58. The number of hydrogen-bond acceptors (Lipinski definition) is 6. The van der Waals surface area contributed by atoms with Crippen molar-refractivity contribution in [3.05, 3.63) is 29.5 Å². The molecule has 1 aliphatic carbocycles. The molecular weight excluding hydrogens is 320 g/mol. The summed E-state index contributed by atoms with van der Waals surface area (Å²) in [5.74, 6) is -0.236. The van der Waals surface area contributed by atoms with Crippen LogP contribution in [0.15, 0.2) is 33.0 Å². The molecule has 0 atom stereocenters. The number of imidazole rings is 1. The number of furan rings is 1. The molecule has 3 aromatic rings. The van der Waals surface area contributed by atoms with Gasteiger partial charge in [-0.2, -0.15) is 0 Å². The third-order valence-electron chi connectivity index (χ3n) is 4.94. The fraction of sp³-hybridized carbons (Fsp3) is 0.389. The van der Waals surface area contributed by atoms with Crippen LogP contribution in [0.2, 0.25) is 0 Å². The number of rotatable bonds is 3. The van der Waals surface area contributed by atoms with Gasteiger partial charge in [-0.15, -0.1) is 10.2 Å². The molecule has 0 spiro atoms. The van der Waals surface area contributed by atoms with Crippen molar-refractivity contribution in [2.45, 2.75) is 45.6 Å². The largest absolute Gasteiger partial charge is 0.503 e. The highest BCUT2D eigenvalue weighted by atomic mass is 16.5. The van der Waals surface area contributed by atoms with Crippen molar-refractivity contribution in [1.29, 1.82) is 0 Å². The van der Waals surface area contributed by atoms with Gasteiger partial charge in [-0.1, -0.05) is 12.8 Å². The number of benzene rings is 1. The van der Waals surface area contributed by atoms with Crippen LogP contribution in [0.5, 0.6) is 11.7 Å². The Hall–Kier alpha value is -2.83. The summed E-state index contributed by atoms with van der Waals surface area (Å²) in [6.45, 7) is 4.15. The maximum absolute atomic E-state index is 9.67. The molecule has 0 radical (unpaired) electrons. The van der Waals surface area contributed by atoms with Gasteiger partial charge < -0.3 is 19.2 Å². The molecule has 0 bridgehead atoms. The molecule has 2 N–H and O–H groups in total. The Balaban J connectivity index is 1.86. The lowest BCUT2D eigenvalue weighted by molar-refractivity contribution is 0.332. The molecule has 4 rings (SSSR count). The van der Waals surface area contributed by atoms with Gasteiger partial charge in [-0.25, -0.2) is 4.98 Å². The maximum Gasteiger partial charge on any atom is 0.314 e. The number of aromatic hydroxyl groups is 2. The molecule has 1 aliphatic rings. The van der Waals surface area contributed by atoms with Crippen LogP contribution in [-0.2, 0) is 0 Å². The van der Waals surface area contributed by atoms with Crippen molar-refractivity contribution in [2.75, 3.05) is 0 Å². The van der Waals surface area contributed by atoms with Gasteiger partial charge in [0.05, 0.1) is 11.0 Å². The fourth-order valence-corrected chi connectivity index (χ4v) is 3.45. The zero-order chi connectivity index (χ0) is 17.6. The number of fused-ring (bicyclic) bond motifs is 1. The summed E-state index contributed by atoms with van der Waals surface area (Å²) in [5.41, 5.74) is 4.23. The second-order valence-corrected chi connectivity index (χ2v) is 6.62. The van der Waals surface area contributed by atoms with Crippen molar-refractivity contribution < 1.29 is 14.6 Å². The smallest absolute Gasteiger partial charge is 0.314 e. The van der Waals surface area contributed by atoms with Gasteiger partial charge in [0, 0.05) is 6.04 Å². The number of aryl methyl sites for hydroxylation is 2. The highest BCUT2D eigenvalue weighted by molar-refractivity contribution is 5.80. The Morgan fingerprint density at radius 2 is 1.84 bits per heavy atom. The van der Waals surface area contributed by atoms with Crippen LogP contribution < -0.4 is 0 Å². The first-order valence-corrected chi connectivity index (χ1v) is 8.45. The van der Waals surface area contributed by atoms with E-state index in [0.29, 0.717) is 12.0 Å². The Labute approximate surface area is 144 Å². The molecule has 1 aromatic carbocycles. The normalized spacial score (nSPS) is 15.8. The monoisotopic (exact) mass is 340 g/mol. The number of aromatic nitrogens is 2. The minimum Gasteiger partial charge on any atom is -0.503 e. The predicted octanol–water partition coefficient (Wildman–Crippen LogP) is 5.19. The van der Waals surface area contributed by atoms with Crippen LogP contribution in [0.4, 0.5) is 11.6 Å². The Kier molecular flexibility index (Phi) is 3.71. The first-order chi connectivity index (χ1) is 12.0. The summed E-state index contributed by atoms with van der Waals surface area (Å²) in [6, 6.07) is 4.54. The second-order valence-electron chi connectivity index (χ2n) is 6.62. The molecule has 2 heterocycles. The van der Waals surface area contributed by atoms with E-state index in [4.69, 9.17) is 4.42 Å². The Bertz CT molecular complexity index is 945. The lowest BCUT2D eigenvalue weighted by atomic mass is 10.1. The summed E-state index contributed by atoms with van der Waals surface area (Å²) in [5, 5.41) is 27.4. The fourth-order valence-electron chi connectivity index (χ4n) is 3.45. The van der Waals surface area contributed by atoms with Crippen LogP contribution in [0, 0.1) is 13.8 Å². The lowest BCUT2D eigenvalue weighted by Crippen LogP contribution is -2.04. The highest BCUT2D eigenvalue weighted by Gasteiger charge is 2.23. The predicted molar refractivity (Wildman–Crippen MR) is 92.9 cm³/mol. The highest BCUT2D eigenvalue weighted by Crippen LogP contribution is 2.40. The average Bonchev–Trinajstić information content (AvgIpc) is 3.27. The molecule has 0 aliphatic heterocycles.